The Bertz CT molecular complexity index is 329. The van der Waals surface area contributed by atoms with Gasteiger partial charge in [0, 0.05) is 37.6 Å². The monoisotopic (exact) mass is 207 g/mol. The minimum atomic E-state index is -0.180. The standard InChI is InChI=1S/C11H17N3O/c1-2-12-11-7-9(3-5-13-11)14-6-4-10(15)8-14/h3,5,7,10,15H,2,4,6,8H2,1H3,(H,12,13). The van der Waals surface area contributed by atoms with Crippen LogP contribution in [0.3, 0.4) is 0 Å². The lowest BCUT2D eigenvalue weighted by Gasteiger charge is -2.18. The molecule has 1 saturated heterocycles. The molecule has 4 heteroatoms. The minimum absolute atomic E-state index is 0.180. The fraction of sp³-hybridized carbons (Fsp3) is 0.545. The molecule has 82 valence electrons. The van der Waals surface area contributed by atoms with Crippen molar-refractivity contribution >= 4 is 11.5 Å². The molecule has 0 bridgehead atoms. The molecular formula is C11H17N3O. The van der Waals surface area contributed by atoms with Crippen LogP contribution in [0.15, 0.2) is 18.3 Å². The number of aliphatic hydroxyl groups excluding tert-OH is 1. The van der Waals surface area contributed by atoms with Gasteiger partial charge in [0.05, 0.1) is 6.10 Å². The Morgan fingerprint density at radius 1 is 1.67 bits per heavy atom. The summed E-state index contributed by atoms with van der Waals surface area (Å²) in [6.07, 6.45) is 2.48. The molecule has 2 rings (SSSR count). The average Bonchev–Trinajstić information content (AvgIpc) is 2.66. The highest BCUT2D eigenvalue weighted by molar-refractivity contribution is 5.54. The molecule has 0 aromatic carbocycles. The second-order valence-corrected chi connectivity index (χ2v) is 3.82. The number of hydrogen-bond donors (Lipinski definition) is 2. The van der Waals surface area contributed by atoms with E-state index in [1.807, 2.05) is 19.1 Å². The van der Waals surface area contributed by atoms with Gasteiger partial charge in [-0.3, -0.25) is 0 Å². The van der Waals surface area contributed by atoms with Gasteiger partial charge in [0.1, 0.15) is 5.82 Å². The lowest BCUT2D eigenvalue weighted by Crippen LogP contribution is -2.21. The van der Waals surface area contributed by atoms with E-state index in [0.29, 0.717) is 0 Å². The van der Waals surface area contributed by atoms with Crippen LogP contribution < -0.4 is 10.2 Å². The van der Waals surface area contributed by atoms with Crippen molar-refractivity contribution in [3.63, 3.8) is 0 Å². The van der Waals surface area contributed by atoms with Gasteiger partial charge in [0.2, 0.25) is 0 Å². The Kier molecular flexibility index (Phi) is 3.06. The van der Waals surface area contributed by atoms with Gasteiger partial charge >= 0.3 is 0 Å². The number of pyridine rings is 1. The van der Waals surface area contributed by atoms with Gasteiger partial charge in [-0.25, -0.2) is 4.98 Å². The van der Waals surface area contributed by atoms with E-state index in [4.69, 9.17) is 0 Å². The van der Waals surface area contributed by atoms with Crippen LogP contribution in [0.25, 0.3) is 0 Å². The van der Waals surface area contributed by atoms with Crippen LogP contribution >= 0.6 is 0 Å². The van der Waals surface area contributed by atoms with Crippen molar-refractivity contribution in [3.05, 3.63) is 18.3 Å². The Hall–Kier alpha value is -1.29. The zero-order valence-electron chi connectivity index (χ0n) is 8.98. The van der Waals surface area contributed by atoms with E-state index in [1.165, 1.54) is 0 Å². The number of aromatic nitrogens is 1. The molecule has 0 amide bonds. The van der Waals surface area contributed by atoms with E-state index in [1.54, 1.807) is 6.20 Å². The normalized spacial score (nSPS) is 20.7. The Labute approximate surface area is 89.9 Å². The van der Waals surface area contributed by atoms with Gasteiger partial charge in [-0.2, -0.15) is 0 Å². The summed E-state index contributed by atoms with van der Waals surface area (Å²) in [5.41, 5.74) is 1.14. The van der Waals surface area contributed by atoms with Crippen molar-refractivity contribution in [2.45, 2.75) is 19.4 Å². The fourth-order valence-electron chi connectivity index (χ4n) is 1.87. The van der Waals surface area contributed by atoms with Crippen LogP contribution in [0.4, 0.5) is 11.5 Å². The molecule has 1 aliphatic heterocycles. The second-order valence-electron chi connectivity index (χ2n) is 3.82. The van der Waals surface area contributed by atoms with Gasteiger partial charge in [0.25, 0.3) is 0 Å². The van der Waals surface area contributed by atoms with Crippen LogP contribution in [-0.4, -0.2) is 35.8 Å². The molecule has 1 atom stereocenters. The molecule has 1 aromatic heterocycles. The maximum absolute atomic E-state index is 9.46. The third-order valence-electron chi connectivity index (χ3n) is 2.63. The molecule has 2 heterocycles. The van der Waals surface area contributed by atoms with Crippen LogP contribution in [0, 0.1) is 0 Å². The van der Waals surface area contributed by atoms with E-state index < -0.39 is 0 Å². The van der Waals surface area contributed by atoms with Gasteiger partial charge in [-0.1, -0.05) is 0 Å². The molecule has 1 aromatic rings. The van der Waals surface area contributed by atoms with Gasteiger partial charge in [-0.05, 0) is 19.4 Å². The smallest absolute Gasteiger partial charge is 0.127 e. The molecule has 0 aliphatic carbocycles. The minimum Gasteiger partial charge on any atom is -0.391 e. The number of β-amino-alcohol motifs (C(OH)–C–C–N with tert-alkyl or cyclic N) is 1. The summed E-state index contributed by atoms with van der Waals surface area (Å²) in [4.78, 5) is 6.41. The largest absolute Gasteiger partial charge is 0.391 e. The molecule has 1 aliphatic rings. The van der Waals surface area contributed by atoms with Gasteiger partial charge in [-0.15, -0.1) is 0 Å². The Morgan fingerprint density at radius 3 is 3.20 bits per heavy atom. The molecule has 15 heavy (non-hydrogen) atoms. The van der Waals surface area contributed by atoms with Crippen molar-refractivity contribution in [3.8, 4) is 0 Å². The topological polar surface area (TPSA) is 48.4 Å². The Morgan fingerprint density at radius 2 is 2.53 bits per heavy atom. The molecule has 0 spiro atoms. The van der Waals surface area contributed by atoms with Gasteiger partial charge < -0.3 is 15.3 Å². The third kappa shape index (κ3) is 2.39. The first kappa shape index (κ1) is 10.2. The third-order valence-corrected chi connectivity index (χ3v) is 2.63. The van der Waals surface area contributed by atoms with Gasteiger partial charge in [0.15, 0.2) is 0 Å². The molecule has 1 unspecified atom stereocenters. The van der Waals surface area contributed by atoms with E-state index in [0.717, 1.165) is 37.6 Å². The summed E-state index contributed by atoms with van der Waals surface area (Å²) in [5.74, 6) is 0.899. The highest BCUT2D eigenvalue weighted by Crippen LogP contribution is 2.21. The number of anilines is 2. The van der Waals surface area contributed by atoms with Crippen molar-refractivity contribution in [2.75, 3.05) is 29.9 Å². The van der Waals surface area contributed by atoms with E-state index in [2.05, 4.69) is 15.2 Å². The molecule has 0 radical (unpaired) electrons. The number of hydrogen-bond acceptors (Lipinski definition) is 4. The first-order chi connectivity index (χ1) is 7.29. The molecule has 1 fully saturated rings. The summed E-state index contributed by atoms with van der Waals surface area (Å²) in [6, 6.07) is 4.01. The number of aliphatic hydroxyl groups is 1. The van der Waals surface area contributed by atoms with E-state index in [9.17, 15) is 5.11 Å². The zero-order chi connectivity index (χ0) is 10.7. The van der Waals surface area contributed by atoms with Crippen LogP contribution in [0.1, 0.15) is 13.3 Å². The first-order valence-corrected chi connectivity index (χ1v) is 5.42. The maximum Gasteiger partial charge on any atom is 0.127 e. The molecular weight excluding hydrogens is 190 g/mol. The summed E-state index contributed by atoms with van der Waals surface area (Å²) < 4.78 is 0. The molecule has 0 saturated carbocycles. The Balaban J connectivity index is 2.10. The number of nitrogens with zero attached hydrogens (tertiary/aromatic N) is 2. The van der Waals surface area contributed by atoms with Crippen molar-refractivity contribution < 1.29 is 5.11 Å². The molecule has 4 nitrogen and oxygen atoms in total. The SMILES string of the molecule is CCNc1cc(N2CCC(O)C2)ccn1. The van der Waals surface area contributed by atoms with Crippen molar-refractivity contribution in [1.29, 1.82) is 0 Å². The lowest BCUT2D eigenvalue weighted by molar-refractivity contribution is 0.198. The van der Waals surface area contributed by atoms with Crippen molar-refractivity contribution in [1.82, 2.24) is 4.98 Å². The van der Waals surface area contributed by atoms with Crippen molar-refractivity contribution in [2.24, 2.45) is 0 Å². The summed E-state index contributed by atoms with van der Waals surface area (Å²) >= 11 is 0. The number of nitrogens with one attached hydrogen (secondary N) is 1. The first-order valence-electron chi connectivity index (χ1n) is 5.42. The second kappa shape index (κ2) is 4.49. The zero-order valence-corrected chi connectivity index (χ0v) is 8.98. The highest BCUT2D eigenvalue weighted by Gasteiger charge is 2.20. The predicted molar refractivity (Wildman–Crippen MR) is 61.2 cm³/mol. The quantitative estimate of drug-likeness (QED) is 0.778. The summed E-state index contributed by atoms with van der Waals surface area (Å²) in [5, 5.41) is 12.6. The summed E-state index contributed by atoms with van der Waals surface area (Å²) in [7, 11) is 0. The van der Waals surface area contributed by atoms with Crippen LogP contribution in [0.2, 0.25) is 0 Å². The fourth-order valence-corrected chi connectivity index (χ4v) is 1.87. The molecule has 2 N–H and O–H groups in total. The van der Waals surface area contributed by atoms with Crippen LogP contribution in [0.5, 0.6) is 0 Å². The maximum atomic E-state index is 9.46. The predicted octanol–water partition coefficient (Wildman–Crippen LogP) is 1.08. The van der Waals surface area contributed by atoms with E-state index in [-0.39, 0.29) is 6.10 Å². The van der Waals surface area contributed by atoms with E-state index >= 15 is 0 Å². The highest BCUT2D eigenvalue weighted by atomic mass is 16.3. The lowest BCUT2D eigenvalue weighted by atomic mass is 10.3. The summed E-state index contributed by atoms with van der Waals surface area (Å²) in [6.45, 7) is 4.58. The number of rotatable bonds is 3. The average molecular weight is 207 g/mol. The van der Waals surface area contributed by atoms with Crippen LogP contribution in [-0.2, 0) is 0 Å².